The molecule has 8 heteroatoms. The molecule has 3 rings (SSSR count). The number of rotatable bonds is 8. The van der Waals surface area contributed by atoms with Gasteiger partial charge in [0.05, 0.1) is 12.6 Å². The van der Waals surface area contributed by atoms with Gasteiger partial charge in [-0.3, -0.25) is 19.1 Å². The summed E-state index contributed by atoms with van der Waals surface area (Å²) in [5.74, 6) is -1.08. The summed E-state index contributed by atoms with van der Waals surface area (Å²) in [6.07, 6.45) is 2.00. The zero-order valence-electron chi connectivity index (χ0n) is 16.2. The third-order valence-corrected chi connectivity index (χ3v) is 4.33. The Hall–Kier alpha value is -3.55. The minimum Gasteiger partial charge on any atom is -0.342 e. The molecule has 1 N–H and O–H groups in total. The molecule has 1 atom stereocenters. The molecule has 0 aliphatic carbocycles. The number of aromatic nitrogens is 3. The van der Waals surface area contributed by atoms with Gasteiger partial charge in [-0.15, -0.1) is 0 Å². The molecule has 0 fully saturated rings. The Morgan fingerprint density at radius 3 is 2.48 bits per heavy atom. The number of hydrogen-bond donors (Lipinski definition) is 1. The van der Waals surface area contributed by atoms with E-state index in [0.29, 0.717) is 17.7 Å². The Morgan fingerprint density at radius 1 is 1.10 bits per heavy atom. The van der Waals surface area contributed by atoms with Crippen LogP contribution in [-0.4, -0.2) is 32.4 Å². The van der Waals surface area contributed by atoms with Crippen molar-refractivity contribution in [1.82, 2.24) is 20.0 Å². The second kappa shape index (κ2) is 9.09. The predicted molar refractivity (Wildman–Crippen MR) is 106 cm³/mol. The van der Waals surface area contributed by atoms with Crippen molar-refractivity contribution in [1.29, 1.82) is 0 Å². The number of benzene rings is 1. The van der Waals surface area contributed by atoms with Gasteiger partial charge in [0, 0.05) is 11.8 Å². The van der Waals surface area contributed by atoms with Crippen molar-refractivity contribution in [3.63, 3.8) is 0 Å². The summed E-state index contributed by atoms with van der Waals surface area (Å²) in [6, 6.07) is 13.1. The van der Waals surface area contributed by atoms with Crippen LogP contribution in [0.3, 0.4) is 0 Å². The highest BCUT2D eigenvalue weighted by Gasteiger charge is 2.25. The van der Waals surface area contributed by atoms with Crippen LogP contribution >= 0.6 is 0 Å². The lowest BCUT2D eigenvalue weighted by Gasteiger charge is -2.20. The van der Waals surface area contributed by atoms with E-state index in [1.54, 1.807) is 48.7 Å². The molecule has 0 spiro atoms. The van der Waals surface area contributed by atoms with E-state index in [1.165, 1.54) is 0 Å². The van der Waals surface area contributed by atoms with Crippen molar-refractivity contribution in [3.05, 3.63) is 70.8 Å². The average Bonchev–Trinajstić information content (AvgIpc) is 3.08. The Labute approximate surface area is 167 Å². The van der Waals surface area contributed by atoms with Crippen LogP contribution in [0.25, 0.3) is 11.5 Å². The first-order chi connectivity index (χ1) is 14.0. The molecule has 0 bridgehead atoms. The van der Waals surface area contributed by atoms with Crippen molar-refractivity contribution < 1.29 is 14.1 Å². The fourth-order valence-corrected chi connectivity index (χ4v) is 2.93. The largest absolute Gasteiger partial charge is 0.442 e. The van der Waals surface area contributed by atoms with Crippen LogP contribution in [0.1, 0.15) is 30.6 Å². The molecule has 3 aromatic rings. The standard InChI is InChI=1S/C21H22N4O4/c1-14(2)12-17(23-20(27)15-8-4-3-5-9-15)18(26)13-25-19(24-29-21(25)28)16-10-6-7-11-22-16/h3-11,14,17H,12-13H2,1-2H3,(H,23,27)/t17-/m0/s1. The molecular weight excluding hydrogens is 372 g/mol. The smallest absolute Gasteiger partial charge is 0.342 e. The van der Waals surface area contributed by atoms with Gasteiger partial charge in [0.1, 0.15) is 5.69 Å². The third-order valence-electron chi connectivity index (χ3n) is 4.33. The highest BCUT2D eigenvalue weighted by Crippen LogP contribution is 2.14. The van der Waals surface area contributed by atoms with Crippen LogP contribution in [0, 0.1) is 5.92 Å². The normalized spacial score (nSPS) is 12.0. The van der Waals surface area contributed by atoms with Gasteiger partial charge in [-0.05, 0) is 36.6 Å². The molecular formula is C21H22N4O4. The van der Waals surface area contributed by atoms with E-state index in [0.717, 1.165) is 4.57 Å². The van der Waals surface area contributed by atoms with Crippen molar-refractivity contribution in [3.8, 4) is 11.5 Å². The molecule has 0 aliphatic heterocycles. The summed E-state index contributed by atoms with van der Waals surface area (Å²) < 4.78 is 5.87. The molecule has 8 nitrogen and oxygen atoms in total. The second-order valence-electron chi connectivity index (χ2n) is 7.06. The molecule has 0 unspecified atom stereocenters. The first kappa shape index (κ1) is 20.2. The van der Waals surface area contributed by atoms with Crippen molar-refractivity contribution in [2.75, 3.05) is 0 Å². The average molecular weight is 394 g/mol. The van der Waals surface area contributed by atoms with Gasteiger partial charge in [0.2, 0.25) is 5.82 Å². The summed E-state index contributed by atoms with van der Waals surface area (Å²) in [6.45, 7) is 3.64. The zero-order valence-corrected chi connectivity index (χ0v) is 16.2. The summed E-state index contributed by atoms with van der Waals surface area (Å²) >= 11 is 0. The van der Waals surface area contributed by atoms with Gasteiger partial charge < -0.3 is 5.32 Å². The lowest BCUT2D eigenvalue weighted by Crippen LogP contribution is -2.44. The molecule has 0 saturated heterocycles. The molecule has 0 saturated carbocycles. The number of carbonyl (C=O) groups excluding carboxylic acids is 2. The fourth-order valence-electron chi connectivity index (χ4n) is 2.93. The molecule has 2 aromatic heterocycles. The Morgan fingerprint density at radius 2 is 1.83 bits per heavy atom. The van der Waals surface area contributed by atoms with E-state index in [9.17, 15) is 14.4 Å². The van der Waals surface area contributed by atoms with E-state index in [-0.39, 0.29) is 30.0 Å². The first-order valence-electron chi connectivity index (χ1n) is 9.32. The van der Waals surface area contributed by atoms with Crippen LogP contribution in [0.4, 0.5) is 0 Å². The maximum absolute atomic E-state index is 13.0. The predicted octanol–water partition coefficient (Wildman–Crippen LogP) is 2.31. The topological polar surface area (TPSA) is 107 Å². The highest BCUT2D eigenvalue weighted by molar-refractivity contribution is 5.97. The van der Waals surface area contributed by atoms with E-state index in [1.807, 2.05) is 19.9 Å². The minimum atomic E-state index is -0.753. The van der Waals surface area contributed by atoms with Crippen LogP contribution in [-0.2, 0) is 11.3 Å². The van der Waals surface area contributed by atoms with Crippen molar-refractivity contribution in [2.45, 2.75) is 32.9 Å². The zero-order chi connectivity index (χ0) is 20.8. The van der Waals surface area contributed by atoms with E-state index in [2.05, 4.69) is 15.5 Å². The first-order valence-corrected chi connectivity index (χ1v) is 9.32. The van der Waals surface area contributed by atoms with Crippen LogP contribution in [0.2, 0.25) is 0 Å². The molecule has 2 heterocycles. The van der Waals surface area contributed by atoms with Gasteiger partial charge in [-0.1, -0.05) is 43.3 Å². The second-order valence-corrected chi connectivity index (χ2v) is 7.06. The summed E-state index contributed by atoms with van der Waals surface area (Å²) in [4.78, 5) is 41.8. The number of pyridine rings is 1. The minimum absolute atomic E-state index is 0.162. The maximum Gasteiger partial charge on any atom is 0.442 e. The van der Waals surface area contributed by atoms with Gasteiger partial charge in [0.15, 0.2) is 5.78 Å². The number of nitrogens with zero attached hydrogens (tertiary/aromatic N) is 3. The Balaban J connectivity index is 1.82. The van der Waals surface area contributed by atoms with Crippen LogP contribution < -0.4 is 11.1 Å². The van der Waals surface area contributed by atoms with Crippen molar-refractivity contribution >= 4 is 11.7 Å². The maximum atomic E-state index is 13.0. The number of carbonyl (C=O) groups is 2. The van der Waals surface area contributed by atoms with Crippen LogP contribution in [0.5, 0.6) is 0 Å². The Kier molecular flexibility index (Phi) is 6.33. The third kappa shape index (κ3) is 5.04. The summed E-state index contributed by atoms with van der Waals surface area (Å²) in [5.41, 5.74) is 0.880. The summed E-state index contributed by atoms with van der Waals surface area (Å²) in [7, 11) is 0. The lowest BCUT2D eigenvalue weighted by molar-refractivity contribution is -0.121. The molecule has 0 aliphatic rings. The number of amides is 1. The number of nitrogens with one attached hydrogen (secondary N) is 1. The monoisotopic (exact) mass is 394 g/mol. The number of Topliss-reactive ketones (excluding diaryl/α,β-unsaturated/α-hetero) is 1. The van der Waals surface area contributed by atoms with Gasteiger partial charge >= 0.3 is 5.76 Å². The number of ketones is 1. The van der Waals surface area contributed by atoms with Gasteiger partial charge in [0.25, 0.3) is 5.91 Å². The fraction of sp³-hybridized carbons (Fsp3) is 0.286. The Bertz CT molecular complexity index is 1030. The summed E-state index contributed by atoms with van der Waals surface area (Å²) in [5, 5.41) is 6.53. The van der Waals surface area contributed by atoms with Crippen molar-refractivity contribution in [2.24, 2.45) is 5.92 Å². The highest BCUT2D eigenvalue weighted by atomic mass is 16.5. The lowest BCUT2D eigenvalue weighted by atomic mass is 9.99. The van der Waals surface area contributed by atoms with E-state index < -0.39 is 11.8 Å². The van der Waals surface area contributed by atoms with Crippen LogP contribution in [0.15, 0.2) is 64.0 Å². The molecule has 1 amide bonds. The van der Waals surface area contributed by atoms with Gasteiger partial charge in [-0.2, -0.15) is 0 Å². The molecule has 1 aromatic carbocycles. The van der Waals surface area contributed by atoms with E-state index >= 15 is 0 Å². The molecule has 150 valence electrons. The van der Waals surface area contributed by atoms with E-state index in [4.69, 9.17) is 4.52 Å². The molecule has 0 radical (unpaired) electrons. The molecule has 29 heavy (non-hydrogen) atoms. The van der Waals surface area contributed by atoms with Gasteiger partial charge in [-0.25, -0.2) is 9.36 Å². The number of hydrogen-bond acceptors (Lipinski definition) is 6. The quantitative estimate of drug-likeness (QED) is 0.628. The SMILES string of the molecule is CC(C)C[C@H](NC(=O)c1ccccc1)C(=O)Cn1c(-c2ccccn2)noc1=O.